The van der Waals surface area contributed by atoms with Gasteiger partial charge in [-0.3, -0.25) is 9.88 Å². The van der Waals surface area contributed by atoms with Gasteiger partial charge in [0.15, 0.2) is 5.82 Å². The minimum absolute atomic E-state index is 0.109. The van der Waals surface area contributed by atoms with E-state index >= 15 is 0 Å². The van der Waals surface area contributed by atoms with E-state index in [9.17, 15) is 4.39 Å². The first-order chi connectivity index (χ1) is 14.6. The van der Waals surface area contributed by atoms with Gasteiger partial charge in [0.05, 0.1) is 12.3 Å². The highest BCUT2D eigenvalue weighted by molar-refractivity contribution is 5.57. The van der Waals surface area contributed by atoms with Crippen LogP contribution in [-0.2, 0) is 24.2 Å². The Kier molecular flexibility index (Phi) is 6.30. The molecule has 0 amide bonds. The van der Waals surface area contributed by atoms with Gasteiger partial charge in [0.2, 0.25) is 0 Å². The molecular formula is C23H26FN5O. The number of benzene rings is 1. The summed E-state index contributed by atoms with van der Waals surface area (Å²) in [6.45, 7) is 5.02. The molecule has 0 saturated heterocycles. The smallest absolute Gasteiger partial charge is 0.180 e. The largest absolute Gasteiger partial charge is 0.383 e. The molecule has 3 heterocycles. The fourth-order valence-corrected chi connectivity index (χ4v) is 3.71. The van der Waals surface area contributed by atoms with Crippen molar-refractivity contribution in [3.8, 4) is 11.5 Å². The molecule has 1 aliphatic rings. The van der Waals surface area contributed by atoms with Crippen LogP contribution in [-0.4, -0.2) is 46.2 Å². The maximum absolute atomic E-state index is 13.2. The highest BCUT2D eigenvalue weighted by Crippen LogP contribution is 2.28. The number of hydrogen-bond donors (Lipinski definition) is 1. The number of hydrogen-bond acceptors (Lipinski definition) is 6. The summed E-state index contributed by atoms with van der Waals surface area (Å²) in [6.07, 6.45) is 2.58. The highest BCUT2D eigenvalue weighted by Gasteiger charge is 2.24. The Bertz CT molecular complexity index is 981. The Hall–Kier alpha value is -2.90. The zero-order valence-corrected chi connectivity index (χ0v) is 17.3. The number of methoxy groups -OCH3 is 1. The molecule has 1 atom stereocenters. The maximum Gasteiger partial charge on any atom is 0.180 e. The van der Waals surface area contributed by atoms with Crippen molar-refractivity contribution in [3.05, 3.63) is 71.3 Å². The summed E-state index contributed by atoms with van der Waals surface area (Å²) < 4.78 is 18.5. The molecule has 6 nitrogen and oxygen atoms in total. The van der Waals surface area contributed by atoms with Crippen LogP contribution in [0.5, 0.6) is 0 Å². The van der Waals surface area contributed by atoms with Crippen molar-refractivity contribution < 1.29 is 9.13 Å². The van der Waals surface area contributed by atoms with Gasteiger partial charge in [-0.2, -0.15) is 0 Å². The van der Waals surface area contributed by atoms with Gasteiger partial charge in [-0.25, -0.2) is 14.4 Å². The zero-order chi connectivity index (χ0) is 20.9. The summed E-state index contributed by atoms with van der Waals surface area (Å²) in [5.74, 6) is 1.25. The van der Waals surface area contributed by atoms with Crippen molar-refractivity contribution >= 4 is 5.82 Å². The third-order valence-corrected chi connectivity index (χ3v) is 5.15. The average Bonchev–Trinajstić information content (AvgIpc) is 2.76. The van der Waals surface area contributed by atoms with Gasteiger partial charge in [0.1, 0.15) is 17.3 Å². The van der Waals surface area contributed by atoms with E-state index in [0.717, 1.165) is 54.4 Å². The lowest BCUT2D eigenvalue weighted by atomic mass is 10.0. The molecule has 1 aliphatic heterocycles. The van der Waals surface area contributed by atoms with Crippen LogP contribution in [0.1, 0.15) is 23.7 Å². The van der Waals surface area contributed by atoms with E-state index in [1.54, 1.807) is 13.3 Å². The van der Waals surface area contributed by atoms with Gasteiger partial charge in [0.25, 0.3) is 0 Å². The molecule has 0 bridgehead atoms. The van der Waals surface area contributed by atoms with E-state index in [2.05, 4.69) is 22.1 Å². The van der Waals surface area contributed by atoms with E-state index in [4.69, 9.17) is 14.7 Å². The van der Waals surface area contributed by atoms with Gasteiger partial charge in [0, 0.05) is 51.0 Å². The minimum atomic E-state index is -0.211. The van der Waals surface area contributed by atoms with Crippen molar-refractivity contribution in [2.45, 2.75) is 32.5 Å². The van der Waals surface area contributed by atoms with Crippen molar-refractivity contribution in [2.75, 3.05) is 25.6 Å². The molecular weight excluding hydrogens is 381 g/mol. The lowest BCUT2D eigenvalue weighted by Crippen LogP contribution is -2.33. The Labute approximate surface area is 176 Å². The molecule has 0 aliphatic carbocycles. The second-order valence-corrected chi connectivity index (χ2v) is 7.62. The Morgan fingerprint density at radius 2 is 2.00 bits per heavy atom. The summed E-state index contributed by atoms with van der Waals surface area (Å²) >= 11 is 0. The Morgan fingerprint density at radius 1 is 1.17 bits per heavy atom. The van der Waals surface area contributed by atoms with E-state index in [-0.39, 0.29) is 11.9 Å². The second kappa shape index (κ2) is 9.28. The maximum atomic E-state index is 13.2. The van der Waals surface area contributed by atoms with Crippen LogP contribution in [0.15, 0.2) is 48.7 Å². The first-order valence-corrected chi connectivity index (χ1v) is 10.2. The number of nitrogens with one attached hydrogen (secondary N) is 1. The van der Waals surface area contributed by atoms with Crippen LogP contribution >= 0.6 is 0 Å². The van der Waals surface area contributed by atoms with Crippen LogP contribution in [0, 0.1) is 5.82 Å². The van der Waals surface area contributed by atoms with Gasteiger partial charge < -0.3 is 10.1 Å². The van der Waals surface area contributed by atoms with Gasteiger partial charge in [-0.05, 0) is 36.8 Å². The molecule has 3 aromatic rings. The van der Waals surface area contributed by atoms with Crippen LogP contribution in [0.25, 0.3) is 11.5 Å². The summed E-state index contributed by atoms with van der Waals surface area (Å²) in [6, 6.07) is 12.6. The van der Waals surface area contributed by atoms with Crippen LogP contribution in [0.3, 0.4) is 0 Å². The number of pyridine rings is 1. The zero-order valence-electron chi connectivity index (χ0n) is 17.3. The van der Waals surface area contributed by atoms with E-state index in [1.165, 1.54) is 12.1 Å². The normalized spacial score (nSPS) is 14.9. The Morgan fingerprint density at radius 3 is 2.73 bits per heavy atom. The van der Waals surface area contributed by atoms with Crippen molar-refractivity contribution in [1.82, 2.24) is 19.9 Å². The predicted octanol–water partition coefficient (Wildman–Crippen LogP) is 3.68. The number of halogens is 1. The lowest BCUT2D eigenvalue weighted by molar-refractivity contribution is 0.190. The topological polar surface area (TPSA) is 63.2 Å². The number of ether oxygens (including phenoxy) is 1. The molecule has 4 rings (SSSR count). The average molecular weight is 407 g/mol. The standard InChI is InChI=1S/C23H26FN5O/c1-16(15-30-2)26-22-19-14-29(13-17-6-8-18(24)9-7-17)12-10-20(19)27-23(28-22)21-5-3-4-11-25-21/h3-9,11,16H,10,12-15H2,1-2H3,(H,26,27,28)/t16-/m1/s1. The second-order valence-electron chi connectivity index (χ2n) is 7.62. The summed E-state index contributed by atoms with van der Waals surface area (Å²) in [5, 5.41) is 3.49. The summed E-state index contributed by atoms with van der Waals surface area (Å²) in [7, 11) is 1.69. The number of fused-ring (bicyclic) bond motifs is 1. The van der Waals surface area contributed by atoms with Gasteiger partial charge in [-0.1, -0.05) is 18.2 Å². The van der Waals surface area contributed by atoms with Crippen molar-refractivity contribution in [3.63, 3.8) is 0 Å². The quantitative estimate of drug-likeness (QED) is 0.645. The van der Waals surface area contributed by atoms with Crippen molar-refractivity contribution in [1.29, 1.82) is 0 Å². The van der Waals surface area contributed by atoms with E-state index in [1.807, 2.05) is 30.3 Å². The minimum Gasteiger partial charge on any atom is -0.383 e. The fraction of sp³-hybridized carbons (Fsp3) is 0.348. The highest BCUT2D eigenvalue weighted by atomic mass is 19.1. The Balaban J connectivity index is 1.62. The molecule has 0 saturated carbocycles. The molecule has 0 radical (unpaired) electrons. The molecule has 156 valence electrons. The van der Waals surface area contributed by atoms with E-state index in [0.29, 0.717) is 12.4 Å². The fourth-order valence-electron chi connectivity index (χ4n) is 3.71. The van der Waals surface area contributed by atoms with E-state index < -0.39 is 0 Å². The molecule has 7 heteroatoms. The monoisotopic (exact) mass is 407 g/mol. The number of anilines is 1. The van der Waals surface area contributed by atoms with Gasteiger partial charge in [-0.15, -0.1) is 0 Å². The molecule has 1 N–H and O–H groups in total. The lowest BCUT2D eigenvalue weighted by Gasteiger charge is -2.30. The molecule has 0 fully saturated rings. The predicted molar refractivity (Wildman–Crippen MR) is 114 cm³/mol. The van der Waals surface area contributed by atoms with Crippen molar-refractivity contribution in [2.24, 2.45) is 0 Å². The first-order valence-electron chi connectivity index (χ1n) is 10.2. The SMILES string of the molecule is COC[C@@H](C)Nc1nc(-c2ccccn2)nc2c1CN(Cc1ccc(F)cc1)CC2. The van der Waals surface area contributed by atoms with Gasteiger partial charge >= 0.3 is 0 Å². The number of aromatic nitrogens is 3. The number of rotatable bonds is 7. The number of nitrogens with zero attached hydrogens (tertiary/aromatic N) is 4. The van der Waals surface area contributed by atoms with Crippen LogP contribution < -0.4 is 5.32 Å². The molecule has 30 heavy (non-hydrogen) atoms. The molecule has 0 unspecified atom stereocenters. The summed E-state index contributed by atoms with van der Waals surface area (Å²) in [5.41, 5.74) is 4.00. The third-order valence-electron chi connectivity index (χ3n) is 5.15. The van der Waals surface area contributed by atoms with Crippen LogP contribution in [0.2, 0.25) is 0 Å². The summed E-state index contributed by atoms with van der Waals surface area (Å²) in [4.78, 5) is 16.4. The third kappa shape index (κ3) is 4.80. The van der Waals surface area contributed by atoms with Crippen LogP contribution in [0.4, 0.5) is 10.2 Å². The molecule has 1 aromatic carbocycles. The molecule has 2 aromatic heterocycles. The molecule has 0 spiro atoms. The first kappa shape index (κ1) is 20.4.